The molecule has 0 aliphatic carbocycles. The number of benzene rings is 1. The number of aryl methyl sites for hydroxylation is 1. The van der Waals surface area contributed by atoms with Crippen molar-refractivity contribution >= 4 is 35.5 Å². The fourth-order valence-corrected chi connectivity index (χ4v) is 6.47. The van der Waals surface area contributed by atoms with Gasteiger partial charge in [0.25, 0.3) is 0 Å². The van der Waals surface area contributed by atoms with Crippen molar-refractivity contribution in [2.24, 2.45) is 0 Å². The molecule has 2 atom stereocenters. The van der Waals surface area contributed by atoms with Crippen LogP contribution in [0.15, 0.2) is 34.1 Å². The van der Waals surface area contributed by atoms with E-state index in [-0.39, 0.29) is 29.0 Å². The van der Waals surface area contributed by atoms with Crippen molar-refractivity contribution in [3.8, 4) is 0 Å². The van der Waals surface area contributed by atoms with Crippen LogP contribution in [0.1, 0.15) is 25.0 Å². The predicted molar refractivity (Wildman–Crippen MR) is 117 cm³/mol. The highest BCUT2D eigenvalue weighted by atomic mass is 32.2. The third-order valence-electron chi connectivity index (χ3n) is 4.82. The van der Waals surface area contributed by atoms with E-state index in [4.69, 9.17) is 9.47 Å². The van der Waals surface area contributed by atoms with Gasteiger partial charge in [-0.2, -0.15) is 0 Å². The van der Waals surface area contributed by atoms with Gasteiger partial charge in [-0.25, -0.2) is 9.59 Å². The van der Waals surface area contributed by atoms with Crippen molar-refractivity contribution in [3.63, 3.8) is 0 Å². The molecule has 6 nitrogen and oxygen atoms in total. The fraction of sp³-hybridized carbons (Fsp3) is 0.524. The normalized spacial score (nSPS) is 22.5. The van der Waals surface area contributed by atoms with Crippen molar-refractivity contribution in [3.05, 3.63) is 45.2 Å². The molecule has 0 radical (unpaired) electrons. The Kier molecular flexibility index (Phi) is 7.32. The van der Waals surface area contributed by atoms with Gasteiger partial charge in [-0.05, 0) is 40.4 Å². The zero-order valence-corrected chi connectivity index (χ0v) is 19.1. The Morgan fingerprint density at radius 3 is 2.10 bits per heavy atom. The molecule has 2 heterocycles. The van der Waals surface area contributed by atoms with Gasteiger partial charge < -0.3 is 9.47 Å². The van der Waals surface area contributed by atoms with E-state index in [1.165, 1.54) is 0 Å². The zero-order valence-electron chi connectivity index (χ0n) is 17.5. The summed E-state index contributed by atoms with van der Waals surface area (Å²) in [6.07, 6.45) is -0.313. The lowest BCUT2D eigenvalue weighted by Crippen LogP contribution is -2.52. The van der Waals surface area contributed by atoms with Gasteiger partial charge in [0, 0.05) is 13.1 Å². The van der Waals surface area contributed by atoms with Crippen molar-refractivity contribution < 1.29 is 19.1 Å². The van der Waals surface area contributed by atoms with Crippen LogP contribution in [0.5, 0.6) is 0 Å². The molecule has 3 rings (SSSR count). The van der Waals surface area contributed by atoms with E-state index in [0.29, 0.717) is 4.24 Å². The van der Waals surface area contributed by atoms with Gasteiger partial charge in [0.05, 0.1) is 21.1 Å². The van der Waals surface area contributed by atoms with Crippen LogP contribution in [0, 0.1) is 6.92 Å². The topological polar surface area (TPSA) is 59.1 Å². The van der Waals surface area contributed by atoms with Crippen LogP contribution in [-0.4, -0.2) is 65.8 Å². The maximum Gasteiger partial charge on any atom is 0.347 e. The monoisotopic (exact) mass is 436 g/mol. The summed E-state index contributed by atoms with van der Waals surface area (Å²) in [7, 11) is 4.14. The van der Waals surface area contributed by atoms with E-state index in [9.17, 15) is 9.59 Å². The minimum atomic E-state index is -0.629. The quantitative estimate of drug-likeness (QED) is 0.302. The van der Waals surface area contributed by atoms with Crippen molar-refractivity contribution in [1.29, 1.82) is 0 Å². The molecule has 0 N–H and O–H groups in total. The molecule has 1 aromatic rings. The standard InChI is InChI=1S/C21H28N2O4S2/c1-13(2)27-20(25)16(19(24)26-12-15-8-6-14(3)7-9-15)21-28-17-18(29-21)23(5)11-10-22(17)4/h6-9,13,17-18H,10-12H2,1-5H3. The van der Waals surface area contributed by atoms with Crippen LogP contribution in [0.25, 0.3) is 0 Å². The van der Waals surface area contributed by atoms with E-state index in [0.717, 1.165) is 24.2 Å². The Morgan fingerprint density at radius 2 is 1.59 bits per heavy atom. The SMILES string of the molecule is Cc1ccc(COC(=O)C(C(=O)OC(C)C)=C2SC3C(S2)N(C)CCN3C)cc1. The van der Waals surface area contributed by atoms with Gasteiger partial charge in [-0.15, -0.1) is 0 Å². The van der Waals surface area contributed by atoms with Crippen molar-refractivity contribution in [2.75, 3.05) is 27.2 Å². The number of carbonyl (C=O) groups excluding carboxylic acids is 2. The predicted octanol–water partition coefficient (Wildman–Crippen LogP) is 3.21. The third kappa shape index (κ3) is 5.36. The molecule has 2 fully saturated rings. The summed E-state index contributed by atoms with van der Waals surface area (Å²) in [6.45, 7) is 7.56. The molecular weight excluding hydrogens is 408 g/mol. The van der Waals surface area contributed by atoms with Crippen molar-refractivity contribution in [2.45, 2.75) is 44.2 Å². The van der Waals surface area contributed by atoms with Gasteiger partial charge in [-0.1, -0.05) is 53.4 Å². The van der Waals surface area contributed by atoms with Gasteiger partial charge >= 0.3 is 11.9 Å². The summed E-state index contributed by atoms with van der Waals surface area (Å²) in [6, 6.07) is 7.77. The molecule has 1 aromatic carbocycles. The summed E-state index contributed by atoms with van der Waals surface area (Å²) in [5.74, 6) is -1.25. The van der Waals surface area contributed by atoms with Gasteiger partial charge in [0.1, 0.15) is 6.61 Å². The second kappa shape index (κ2) is 9.55. The maximum absolute atomic E-state index is 12.9. The van der Waals surface area contributed by atoms with Crippen LogP contribution in [0.2, 0.25) is 0 Å². The van der Waals surface area contributed by atoms with E-state index in [1.54, 1.807) is 37.4 Å². The summed E-state index contributed by atoms with van der Waals surface area (Å²) < 4.78 is 11.6. The number of carbonyl (C=O) groups is 2. The minimum absolute atomic E-state index is 0.0111. The Morgan fingerprint density at radius 1 is 1.03 bits per heavy atom. The number of esters is 2. The summed E-state index contributed by atoms with van der Waals surface area (Å²) in [5, 5.41) is 0.362. The first-order valence-electron chi connectivity index (χ1n) is 9.68. The number of fused-ring (bicyclic) bond motifs is 1. The largest absolute Gasteiger partial charge is 0.459 e. The molecule has 158 valence electrons. The molecule has 2 aliphatic rings. The molecular formula is C21H28N2O4S2. The fourth-order valence-electron chi connectivity index (χ4n) is 3.10. The van der Waals surface area contributed by atoms with E-state index in [2.05, 4.69) is 23.9 Å². The van der Waals surface area contributed by atoms with Crippen LogP contribution < -0.4 is 0 Å². The molecule has 29 heavy (non-hydrogen) atoms. The van der Waals surface area contributed by atoms with Crippen molar-refractivity contribution in [1.82, 2.24) is 9.80 Å². The summed E-state index contributed by atoms with van der Waals surface area (Å²) in [5.41, 5.74) is 2.03. The first kappa shape index (κ1) is 22.2. The number of hydrogen-bond acceptors (Lipinski definition) is 8. The second-order valence-electron chi connectivity index (χ2n) is 7.66. The molecule has 0 aromatic heterocycles. The number of piperazine rings is 1. The Bertz CT molecular complexity index is 774. The lowest BCUT2D eigenvalue weighted by molar-refractivity contribution is -0.149. The van der Waals surface area contributed by atoms with E-state index >= 15 is 0 Å². The Labute approximate surface area is 181 Å². The maximum atomic E-state index is 12.9. The molecule has 0 spiro atoms. The number of nitrogens with zero attached hydrogens (tertiary/aromatic N) is 2. The number of rotatable bonds is 5. The van der Waals surface area contributed by atoms with E-state index in [1.807, 2.05) is 31.2 Å². The molecule has 0 bridgehead atoms. The minimum Gasteiger partial charge on any atom is -0.459 e. The molecule has 8 heteroatoms. The highest BCUT2D eigenvalue weighted by Crippen LogP contribution is 2.51. The number of thioether (sulfide) groups is 2. The average Bonchev–Trinajstić information content (AvgIpc) is 3.10. The molecule has 2 unspecified atom stereocenters. The molecule has 0 amide bonds. The first-order chi connectivity index (χ1) is 13.8. The molecule has 2 saturated heterocycles. The highest BCUT2D eigenvalue weighted by molar-refractivity contribution is 8.26. The van der Waals surface area contributed by atoms with Crippen LogP contribution in [0.4, 0.5) is 0 Å². The van der Waals surface area contributed by atoms with Gasteiger partial charge in [0.15, 0.2) is 5.57 Å². The summed E-state index contributed by atoms with van der Waals surface area (Å²) >= 11 is 3.09. The second-order valence-corrected chi connectivity index (χ2v) is 10.2. The number of likely N-dealkylation sites (N-methyl/N-ethyl adjacent to an activating group) is 2. The lowest BCUT2D eigenvalue weighted by Gasteiger charge is -2.39. The van der Waals surface area contributed by atoms with Crippen LogP contribution in [0.3, 0.4) is 0 Å². The van der Waals surface area contributed by atoms with Crippen LogP contribution >= 0.6 is 23.5 Å². The number of hydrogen-bond donors (Lipinski definition) is 0. The smallest absolute Gasteiger partial charge is 0.347 e. The van der Waals surface area contributed by atoms with Crippen LogP contribution in [-0.2, 0) is 25.7 Å². The van der Waals surface area contributed by atoms with Gasteiger partial charge in [0.2, 0.25) is 0 Å². The highest BCUT2D eigenvalue weighted by Gasteiger charge is 2.44. The zero-order chi connectivity index (χ0) is 21.1. The Hall–Kier alpha value is -1.48. The Balaban J connectivity index is 1.82. The van der Waals surface area contributed by atoms with Gasteiger partial charge in [-0.3, -0.25) is 9.80 Å². The first-order valence-corrected chi connectivity index (χ1v) is 11.4. The molecule has 2 aliphatic heterocycles. The average molecular weight is 437 g/mol. The molecule has 0 saturated carbocycles. The number of ether oxygens (including phenoxy) is 2. The summed E-state index contributed by atoms with van der Waals surface area (Å²) in [4.78, 5) is 30.2. The van der Waals surface area contributed by atoms with E-state index < -0.39 is 11.9 Å². The third-order valence-corrected chi connectivity index (χ3v) is 8.12. The lowest BCUT2D eigenvalue weighted by atomic mass is 10.2.